The monoisotopic (exact) mass is 389 g/mol. The number of rotatable bonds is 4. The Morgan fingerprint density at radius 1 is 1.58 bits per heavy atom. The van der Waals surface area contributed by atoms with Crippen LogP contribution in [0.1, 0.15) is 19.8 Å². The van der Waals surface area contributed by atoms with Crippen molar-refractivity contribution in [2.45, 2.75) is 19.8 Å². The second kappa shape index (κ2) is 5.57. The van der Waals surface area contributed by atoms with Crippen LogP contribution in [0.25, 0.3) is 0 Å². The molecule has 1 aliphatic rings. The van der Waals surface area contributed by atoms with E-state index in [0.717, 1.165) is 16.9 Å². The van der Waals surface area contributed by atoms with Crippen molar-refractivity contribution < 1.29 is 0 Å². The molecule has 0 radical (unpaired) electrons. The van der Waals surface area contributed by atoms with Crippen molar-refractivity contribution in [2.75, 3.05) is 11.0 Å². The quantitative estimate of drug-likeness (QED) is 0.396. The second-order valence-corrected chi connectivity index (χ2v) is 4.88. The molecule has 1 rings (SSSR count). The molecule has 0 atom stereocenters. The molecule has 0 saturated heterocycles. The Morgan fingerprint density at radius 3 is 2.67 bits per heavy atom. The van der Waals surface area contributed by atoms with Crippen LogP contribution >= 0.6 is 45.2 Å². The topological polar surface area (TPSA) is 12.4 Å². The summed E-state index contributed by atoms with van der Waals surface area (Å²) in [6, 6.07) is 0. The van der Waals surface area contributed by atoms with E-state index in [2.05, 4.69) is 63.2 Å². The number of hydrogen-bond donors (Lipinski definition) is 0. The number of nitrogens with zero attached hydrogens (tertiary/aromatic N) is 1. The van der Waals surface area contributed by atoms with Gasteiger partial charge in [-0.2, -0.15) is 0 Å². The van der Waals surface area contributed by atoms with Crippen LogP contribution in [0.15, 0.2) is 14.6 Å². The van der Waals surface area contributed by atoms with Gasteiger partial charge in [0.15, 0.2) is 0 Å². The molecular weight excluding hydrogens is 376 g/mol. The lowest BCUT2D eigenvalue weighted by Crippen LogP contribution is -2.01. The molecule has 0 spiro atoms. The lowest BCUT2D eigenvalue weighted by Gasteiger charge is -2.02. The van der Waals surface area contributed by atoms with Gasteiger partial charge in [0.2, 0.25) is 0 Å². The summed E-state index contributed by atoms with van der Waals surface area (Å²) in [6.45, 7) is 3.03. The first kappa shape index (κ1) is 10.9. The lowest BCUT2D eigenvalue weighted by molar-refractivity contribution is 1.08. The van der Waals surface area contributed by atoms with Crippen molar-refractivity contribution in [3.05, 3.63) is 9.66 Å². The fourth-order valence-electron chi connectivity index (χ4n) is 1.10. The number of hydrogen-bond acceptors (Lipinski definition) is 1. The van der Waals surface area contributed by atoms with Gasteiger partial charge < -0.3 is 0 Å². The third-order valence-corrected chi connectivity index (χ3v) is 3.23. The largest absolute Gasteiger partial charge is 0.289 e. The number of halogens is 2. The van der Waals surface area contributed by atoms with Gasteiger partial charge in [-0.3, -0.25) is 4.99 Å². The van der Waals surface area contributed by atoms with Crippen LogP contribution in [0.3, 0.4) is 0 Å². The predicted octanol–water partition coefficient (Wildman–Crippen LogP) is 3.61. The third-order valence-electron chi connectivity index (χ3n) is 1.79. The van der Waals surface area contributed by atoms with E-state index < -0.39 is 0 Å². The van der Waals surface area contributed by atoms with Gasteiger partial charge in [0, 0.05) is 20.5 Å². The standard InChI is InChI=1S/C9H13I2N/c1-2-12-9(7-3-4-7)8(11)5-6-10/h5,7H,2-4,6H2,1H3/b8-5+,12-9-. The van der Waals surface area contributed by atoms with Crippen LogP contribution in [-0.2, 0) is 0 Å². The Bertz CT molecular complexity index is 205. The average molecular weight is 389 g/mol. The Kier molecular flexibility index (Phi) is 5.08. The Labute approximate surface area is 101 Å². The molecule has 0 aromatic heterocycles. The summed E-state index contributed by atoms with van der Waals surface area (Å²) < 4.78 is 2.46. The highest BCUT2D eigenvalue weighted by molar-refractivity contribution is 14.1. The van der Waals surface area contributed by atoms with Gasteiger partial charge in [-0.25, -0.2) is 0 Å². The molecule has 12 heavy (non-hydrogen) atoms. The van der Waals surface area contributed by atoms with Crippen molar-refractivity contribution in [3.63, 3.8) is 0 Å². The van der Waals surface area contributed by atoms with Crippen LogP contribution in [0.4, 0.5) is 0 Å². The molecule has 0 heterocycles. The lowest BCUT2D eigenvalue weighted by atomic mass is 10.2. The predicted molar refractivity (Wildman–Crippen MR) is 71.7 cm³/mol. The first-order chi connectivity index (χ1) is 5.79. The molecule has 1 fully saturated rings. The van der Waals surface area contributed by atoms with Gasteiger partial charge in [0.05, 0.1) is 5.71 Å². The molecule has 0 unspecified atom stereocenters. The molecule has 0 aromatic rings. The molecule has 1 aliphatic carbocycles. The Morgan fingerprint density at radius 2 is 2.25 bits per heavy atom. The summed E-state index contributed by atoms with van der Waals surface area (Å²) in [6.07, 6.45) is 4.95. The second-order valence-electron chi connectivity index (χ2n) is 2.84. The van der Waals surface area contributed by atoms with Crippen LogP contribution in [0, 0.1) is 5.92 Å². The van der Waals surface area contributed by atoms with Crippen molar-refractivity contribution in [2.24, 2.45) is 10.9 Å². The summed E-state index contributed by atoms with van der Waals surface area (Å²) in [7, 11) is 0. The SMILES string of the molecule is CC/N=C(\C(I)=C/CI)C1CC1. The smallest absolute Gasteiger partial charge is 0.0509 e. The first-order valence-electron chi connectivity index (χ1n) is 4.26. The zero-order chi connectivity index (χ0) is 8.97. The van der Waals surface area contributed by atoms with E-state index >= 15 is 0 Å². The van der Waals surface area contributed by atoms with E-state index in [4.69, 9.17) is 0 Å². The zero-order valence-electron chi connectivity index (χ0n) is 7.19. The van der Waals surface area contributed by atoms with E-state index in [1.54, 1.807) is 0 Å². The van der Waals surface area contributed by atoms with Crippen LogP contribution in [0.2, 0.25) is 0 Å². The fourth-order valence-corrected chi connectivity index (χ4v) is 3.21. The zero-order valence-corrected chi connectivity index (χ0v) is 11.5. The van der Waals surface area contributed by atoms with Crippen molar-refractivity contribution >= 4 is 50.9 Å². The number of aliphatic imine (C=N–C) groups is 1. The summed E-state index contributed by atoms with van der Waals surface area (Å²) >= 11 is 4.78. The van der Waals surface area contributed by atoms with E-state index in [9.17, 15) is 0 Å². The van der Waals surface area contributed by atoms with Gasteiger partial charge in [0.1, 0.15) is 0 Å². The molecule has 68 valence electrons. The van der Waals surface area contributed by atoms with Gasteiger partial charge in [-0.1, -0.05) is 28.7 Å². The van der Waals surface area contributed by atoms with Crippen LogP contribution in [-0.4, -0.2) is 16.7 Å². The Balaban J connectivity index is 2.64. The van der Waals surface area contributed by atoms with Crippen molar-refractivity contribution in [1.82, 2.24) is 0 Å². The third kappa shape index (κ3) is 3.32. The van der Waals surface area contributed by atoms with Gasteiger partial charge in [0.25, 0.3) is 0 Å². The maximum Gasteiger partial charge on any atom is 0.0509 e. The summed E-state index contributed by atoms with van der Waals surface area (Å²) in [5.41, 5.74) is 1.36. The minimum absolute atomic E-state index is 0.788. The molecule has 0 N–H and O–H groups in total. The summed E-state index contributed by atoms with van der Waals surface area (Å²) in [5, 5.41) is 0. The van der Waals surface area contributed by atoms with Gasteiger partial charge in [-0.05, 0) is 42.4 Å². The highest BCUT2D eigenvalue weighted by Gasteiger charge is 2.28. The normalized spacial score (nSPS) is 19.9. The summed E-state index contributed by atoms with van der Waals surface area (Å²) in [4.78, 5) is 4.54. The maximum atomic E-state index is 4.54. The number of alkyl halides is 1. The molecule has 3 heteroatoms. The Hall–Kier alpha value is 0.870. The molecule has 0 amide bonds. The van der Waals surface area contributed by atoms with Crippen molar-refractivity contribution in [1.29, 1.82) is 0 Å². The molecule has 0 bridgehead atoms. The van der Waals surface area contributed by atoms with Crippen LogP contribution < -0.4 is 0 Å². The van der Waals surface area contributed by atoms with E-state index in [1.807, 2.05) is 0 Å². The van der Waals surface area contributed by atoms with E-state index in [0.29, 0.717) is 0 Å². The number of allylic oxidation sites excluding steroid dienone is 2. The maximum absolute atomic E-state index is 4.54. The minimum atomic E-state index is 0.788. The van der Waals surface area contributed by atoms with Crippen molar-refractivity contribution in [3.8, 4) is 0 Å². The highest BCUT2D eigenvalue weighted by atomic mass is 127. The minimum Gasteiger partial charge on any atom is -0.289 e. The van der Waals surface area contributed by atoms with Crippen LogP contribution in [0.5, 0.6) is 0 Å². The average Bonchev–Trinajstić information content (AvgIpc) is 2.83. The van der Waals surface area contributed by atoms with E-state index in [-0.39, 0.29) is 0 Å². The summed E-state index contributed by atoms with van der Waals surface area (Å²) in [5.74, 6) is 0.788. The molecule has 0 aromatic carbocycles. The fraction of sp³-hybridized carbons (Fsp3) is 0.667. The van der Waals surface area contributed by atoms with Gasteiger partial charge >= 0.3 is 0 Å². The van der Waals surface area contributed by atoms with E-state index in [1.165, 1.54) is 22.1 Å². The molecule has 1 nitrogen and oxygen atoms in total. The highest BCUT2D eigenvalue weighted by Crippen LogP contribution is 2.35. The first-order valence-corrected chi connectivity index (χ1v) is 6.86. The van der Waals surface area contributed by atoms with Gasteiger partial charge in [-0.15, -0.1) is 0 Å². The molecule has 1 saturated carbocycles. The molecular formula is C9H13I2N. The molecule has 0 aliphatic heterocycles.